The SMILES string of the molecule is COc1ccc2cc1OCCN(C(=O)Cc1cc(C)no1)Cc1cc(CN3CCOCC3)cc(c1)-n1ccnc1-2. The molecule has 10 nitrogen and oxygen atoms in total. The van der Waals surface area contributed by atoms with Gasteiger partial charge in [0, 0.05) is 55.9 Å². The number of carbonyl (C=O) groups is 1. The van der Waals surface area contributed by atoms with Crippen molar-refractivity contribution < 1.29 is 23.5 Å². The van der Waals surface area contributed by atoms with Crippen molar-refractivity contribution >= 4 is 5.91 Å². The number of nitrogens with zero attached hydrogens (tertiary/aromatic N) is 5. The summed E-state index contributed by atoms with van der Waals surface area (Å²) in [7, 11) is 1.62. The molecule has 0 spiro atoms. The number of hydrogen-bond acceptors (Lipinski definition) is 8. The van der Waals surface area contributed by atoms with Crippen molar-refractivity contribution in [1.82, 2.24) is 24.5 Å². The van der Waals surface area contributed by atoms with Crippen LogP contribution in [0.1, 0.15) is 22.6 Å². The largest absolute Gasteiger partial charge is 0.493 e. The highest BCUT2D eigenvalue weighted by molar-refractivity contribution is 5.78. The standard InChI is InChI=1S/C30H33N5O5/c1-21-13-26(40-32-21)18-29(36)34-9-12-39-28-17-24(3-4-27(28)37-2)30-31-5-6-35(30)25-15-22(14-23(16-25)20-34)19-33-7-10-38-11-8-33/h3-6,13-17H,7-12,18-20H2,1-2H3. The summed E-state index contributed by atoms with van der Waals surface area (Å²) in [5.41, 5.74) is 4.86. The van der Waals surface area contributed by atoms with Crippen LogP contribution >= 0.6 is 0 Å². The highest BCUT2D eigenvalue weighted by Crippen LogP contribution is 2.33. The van der Waals surface area contributed by atoms with Gasteiger partial charge in [-0.15, -0.1) is 0 Å². The van der Waals surface area contributed by atoms with Crippen molar-refractivity contribution in [2.45, 2.75) is 26.4 Å². The number of aromatic nitrogens is 3. The van der Waals surface area contributed by atoms with E-state index in [1.54, 1.807) is 19.4 Å². The van der Waals surface area contributed by atoms with Gasteiger partial charge in [0.1, 0.15) is 18.2 Å². The maximum atomic E-state index is 13.5. The smallest absolute Gasteiger partial charge is 0.230 e. The van der Waals surface area contributed by atoms with Crippen molar-refractivity contribution in [2.75, 3.05) is 46.6 Å². The molecule has 1 saturated heterocycles. The first-order valence-corrected chi connectivity index (χ1v) is 13.5. The van der Waals surface area contributed by atoms with Crippen LogP contribution < -0.4 is 9.47 Å². The van der Waals surface area contributed by atoms with Gasteiger partial charge >= 0.3 is 0 Å². The second-order valence-electron chi connectivity index (χ2n) is 10.2. The van der Waals surface area contributed by atoms with Crippen LogP contribution in [-0.2, 0) is 29.0 Å². The summed E-state index contributed by atoms with van der Waals surface area (Å²) in [6.07, 6.45) is 3.90. The number of imidazole rings is 1. The lowest BCUT2D eigenvalue weighted by Gasteiger charge is -2.27. The maximum Gasteiger partial charge on any atom is 0.230 e. The van der Waals surface area contributed by atoms with E-state index in [1.165, 1.54) is 5.56 Å². The van der Waals surface area contributed by atoms with Gasteiger partial charge in [-0.05, 0) is 48.4 Å². The molecule has 1 amide bonds. The zero-order valence-electron chi connectivity index (χ0n) is 22.8. The van der Waals surface area contributed by atoms with E-state index in [0.29, 0.717) is 37.0 Å². The number of morpholine rings is 1. The van der Waals surface area contributed by atoms with E-state index < -0.39 is 0 Å². The molecule has 40 heavy (non-hydrogen) atoms. The molecule has 1 fully saturated rings. The van der Waals surface area contributed by atoms with Crippen LogP contribution in [-0.4, -0.2) is 77.0 Å². The van der Waals surface area contributed by atoms with E-state index in [-0.39, 0.29) is 12.3 Å². The fourth-order valence-corrected chi connectivity index (χ4v) is 5.27. The van der Waals surface area contributed by atoms with E-state index in [2.05, 4.69) is 37.8 Å². The third kappa shape index (κ3) is 5.73. The van der Waals surface area contributed by atoms with Gasteiger partial charge in [0.15, 0.2) is 11.5 Å². The Balaban J connectivity index is 1.41. The normalized spacial score (nSPS) is 15.8. The molecule has 10 heteroatoms. The van der Waals surface area contributed by atoms with E-state index in [0.717, 1.165) is 61.2 Å². The molecule has 0 unspecified atom stereocenters. The highest BCUT2D eigenvalue weighted by Gasteiger charge is 2.21. The molecule has 2 aliphatic heterocycles. The first-order chi connectivity index (χ1) is 19.6. The predicted molar refractivity (Wildman–Crippen MR) is 148 cm³/mol. The zero-order valence-corrected chi connectivity index (χ0v) is 22.8. The van der Waals surface area contributed by atoms with Gasteiger partial charge in [-0.25, -0.2) is 4.98 Å². The number of rotatable bonds is 5. The van der Waals surface area contributed by atoms with Crippen molar-refractivity contribution in [3.8, 4) is 28.6 Å². The number of aryl methyl sites for hydroxylation is 1. The number of hydrogen-bond donors (Lipinski definition) is 0. The summed E-state index contributed by atoms with van der Waals surface area (Å²) in [6, 6.07) is 14.1. The van der Waals surface area contributed by atoms with Gasteiger partial charge in [0.05, 0.1) is 39.0 Å². The molecule has 4 heterocycles. The first-order valence-electron chi connectivity index (χ1n) is 13.5. The summed E-state index contributed by atoms with van der Waals surface area (Å²) in [6.45, 7) is 7.03. The molecule has 0 aliphatic carbocycles. The van der Waals surface area contributed by atoms with Crippen molar-refractivity contribution in [3.63, 3.8) is 0 Å². The maximum absolute atomic E-state index is 13.5. The average molecular weight is 544 g/mol. The van der Waals surface area contributed by atoms with Gasteiger partial charge in [0.2, 0.25) is 5.91 Å². The minimum absolute atomic E-state index is 0.0567. The summed E-state index contributed by atoms with van der Waals surface area (Å²) in [5.74, 6) is 2.52. The number of fused-ring (bicyclic) bond motifs is 7. The molecule has 4 bridgehead atoms. The lowest BCUT2D eigenvalue weighted by Crippen LogP contribution is -2.36. The monoisotopic (exact) mass is 543 g/mol. The van der Waals surface area contributed by atoms with Crippen LogP contribution in [0.5, 0.6) is 11.5 Å². The van der Waals surface area contributed by atoms with Crippen LogP contribution in [0, 0.1) is 6.92 Å². The lowest BCUT2D eigenvalue weighted by atomic mass is 10.1. The summed E-state index contributed by atoms with van der Waals surface area (Å²) in [5, 5.41) is 3.94. The molecule has 4 aromatic rings. The Bertz CT molecular complexity index is 1490. The molecular formula is C30H33N5O5. The molecule has 0 N–H and O–H groups in total. The minimum Gasteiger partial charge on any atom is -0.493 e. The van der Waals surface area contributed by atoms with Crippen LogP contribution in [0.4, 0.5) is 0 Å². The van der Waals surface area contributed by atoms with Crippen molar-refractivity contribution in [3.05, 3.63) is 77.4 Å². The fraction of sp³-hybridized carbons (Fsp3) is 0.367. The molecule has 0 saturated carbocycles. The molecule has 2 aliphatic rings. The van der Waals surface area contributed by atoms with Crippen LogP contribution in [0.2, 0.25) is 0 Å². The van der Waals surface area contributed by atoms with Gasteiger partial charge in [-0.1, -0.05) is 11.2 Å². The van der Waals surface area contributed by atoms with Crippen LogP contribution in [0.25, 0.3) is 17.1 Å². The van der Waals surface area contributed by atoms with Gasteiger partial charge in [-0.2, -0.15) is 0 Å². The molecule has 2 aromatic heterocycles. The number of amides is 1. The van der Waals surface area contributed by atoms with E-state index in [1.807, 2.05) is 36.2 Å². The second kappa shape index (κ2) is 11.5. The fourth-order valence-electron chi connectivity index (χ4n) is 5.27. The molecule has 0 atom stereocenters. The van der Waals surface area contributed by atoms with E-state index in [4.69, 9.17) is 18.7 Å². The molecule has 208 valence electrons. The summed E-state index contributed by atoms with van der Waals surface area (Å²) >= 11 is 0. The lowest BCUT2D eigenvalue weighted by molar-refractivity contribution is -0.131. The van der Waals surface area contributed by atoms with Gasteiger partial charge in [0.25, 0.3) is 0 Å². The molecular weight excluding hydrogens is 510 g/mol. The minimum atomic E-state index is -0.0567. The quantitative estimate of drug-likeness (QED) is 0.377. The van der Waals surface area contributed by atoms with Crippen LogP contribution in [0.3, 0.4) is 0 Å². The van der Waals surface area contributed by atoms with Crippen LogP contribution in [0.15, 0.2) is 59.4 Å². The van der Waals surface area contributed by atoms with Crippen molar-refractivity contribution in [1.29, 1.82) is 0 Å². The number of carbonyl (C=O) groups excluding carboxylic acids is 1. The first kappa shape index (κ1) is 26.1. The molecule has 0 radical (unpaired) electrons. The third-order valence-corrected chi connectivity index (χ3v) is 7.24. The summed E-state index contributed by atoms with van der Waals surface area (Å²) < 4.78 is 24.7. The average Bonchev–Trinajstić information content (AvgIpc) is 3.61. The zero-order chi connectivity index (χ0) is 27.5. The Hall–Kier alpha value is -4.15. The van der Waals surface area contributed by atoms with Gasteiger partial charge < -0.3 is 23.6 Å². The van der Waals surface area contributed by atoms with Crippen molar-refractivity contribution in [2.24, 2.45) is 0 Å². The summed E-state index contributed by atoms with van der Waals surface area (Å²) in [4.78, 5) is 22.4. The van der Waals surface area contributed by atoms with Gasteiger partial charge in [-0.3, -0.25) is 14.3 Å². The Labute approximate surface area is 233 Å². The third-order valence-electron chi connectivity index (χ3n) is 7.24. The Morgan fingerprint density at radius 2 is 1.93 bits per heavy atom. The molecule has 2 aromatic carbocycles. The Kier molecular flexibility index (Phi) is 7.52. The Morgan fingerprint density at radius 3 is 2.73 bits per heavy atom. The van der Waals surface area contributed by atoms with E-state index >= 15 is 0 Å². The second-order valence-corrected chi connectivity index (χ2v) is 10.2. The number of methoxy groups -OCH3 is 1. The topological polar surface area (TPSA) is 95.1 Å². The Morgan fingerprint density at radius 1 is 1.05 bits per heavy atom. The number of benzene rings is 2. The number of ether oxygens (including phenoxy) is 3. The highest BCUT2D eigenvalue weighted by atomic mass is 16.5. The van der Waals surface area contributed by atoms with E-state index in [9.17, 15) is 4.79 Å². The molecule has 6 rings (SSSR count). The predicted octanol–water partition coefficient (Wildman–Crippen LogP) is 3.64.